The van der Waals surface area contributed by atoms with Crippen molar-refractivity contribution in [2.45, 2.75) is 43.8 Å². The minimum absolute atomic E-state index is 0.0722. The van der Waals surface area contributed by atoms with Crippen molar-refractivity contribution < 1.29 is 14.0 Å². The van der Waals surface area contributed by atoms with Gasteiger partial charge in [-0.05, 0) is 61.4 Å². The normalized spacial score (nSPS) is 11.8. The molecule has 0 spiro atoms. The van der Waals surface area contributed by atoms with Crippen LogP contribution in [0.25, 0.3) is 0 Å². The third-order valence-electron chi connectivity index (χ3n) is 5.14. The monoisotopic (exact) mass is 498 g/mol. The predicted octanol–water partition coefficient (Wildman–Crippen LogP) is 5.74. The predicted molar refractivity (Wildman–Crippen MR) is 136 cm³/mol. The van der Waals surface area contributed by atoms with Gasteiger partial charge in [-0.2, -0.15) is 0 Å². The van der Waals surface area contributed by atoms with Gasteiger partial charge in [0.05, 0.1) is 5.75 Å². The number of hydrogen-bond donors (Lipinski definition) is 1. The second-order valence-corrected chi connectivity index (χ2v) is 9.74. The zero-order valence-electron chi connectivity index (χ0n) is 19.2. The molecule has 34 heavy (non-hydrogen) atoms. The molecule has 4 nitrogen and oxygen atoms in total. The average molecular weight is 499 g/mol. The number of rotatable bonds is 10. The van der Waals surface area contributed by atoms with Gasteiger partial charge in [-0.15, -0.1) is 11.8 Å². The van der Waals surface area contributed by atoms with Crippen molar-refractivity contribution in [3.63, 3.8) is 0 Å². The molecule has 3 aromatic rings. The molecule has 0 unspecified atom stereocenters. The van der Waals surface area contributed by atoms with Crippen LogP contribution in [0.4, 0.5) is 4.39 Å². The molecule has 0 saturated heterocycles. The third kappa shape index (κ3) is 7.89. The van der Waals surface area contributed by atoms with Crippen LogP contribution in [0.5, 0.6) is 0 Å². The lowest BCUT2D eigenvalue weighted by atomic mass is 10.0. The largest absolute Gasteiger partial charge is 0.352 e. The van der Waals surface area contributed by atoms with Crippen molar-refractivity contribution in [3.05, 3.63) is 101 Å². The molecule has 7 heteroatoms. The Labute approximate surface area is 209 Å². The van der Waals surface area contributed by atoms with E-state index in [4.69, 9.17) is 11.6 Å². The smallest absolute Gasteiger partial charge is 0.243 e. The van der Waals surface area contributed by atoms with Crippen LogP contribution in [0.2, 0.25) is 5.02 Å². The first-order valence-corrected chi connectivity index (χ1v) is 12.4. The topological polar surface area (TPSA) is 49.4 Å². The van der Waals surface area contributed by atoms with E-state index in [0.29, 0.717) is 11.4 Å². The van der Waals surface area contributed by atoms with Crippen LogP contribution >= 0.6 is 23.4 Å². The van der Waals surface area contributed by atoms with E-state index in [2.05, 4.69) is 5.32 Å². The third-order valence-corrected chi connectivity index (χ3v) is 6.39. The molecule has 1 N–H and O–H groups in total. The SMILES string of the molecule is CC(C)NC(=O)[C@H](Cc1ccccc1)N(Cc1ccc(F)cc1)C(=O)CSc1ccc(Cl)cc1. The molecule has 0 aliphatic carbocycles. The Balaban J connectivity index is 1.89. The maximum atomic E-state index is 13.5. The highest BCUT2D eigenvalue weighted by Gasteiger charge is 2.30. The Morgan fingerprint density at radius 2 is 1.59 bits per heavy atom. The summed E-state index contributed by atoms with van der Waals surface area (Å²) in [5.74, 6) is -0.587. The number of hydrogen-bond acceptors (Lipinski definition) is 3. The summed E-state index contributed by atoms with van der Waals surface area (Å²) in [7, 11) is 0. The van der Waals surface area contributed by atoms with E-state index in [1.165, 1.54) is 23.9 Å². The van der Waals surface area contributed by atoms with E-state index in [9.17, 15) is 14.0 Å². The molecule has 3 rings (SSSR count). The second kappa shape index (κ2) is 12.6. The van der Waals surface area contributed by atoms with Crippen LogP contribution in [0, 0.1) is 5.82 Å². The number of nitrogens with zero attached hydrogens (tertiary/aromatic N) is 1. The van der Waals surface area contributed by atoms with E-state index >= 15 is 0 Å². The first-order valence-electron chi connectivity index (χ1n) is 11.1. The number of halogens is 2. The van der Waals surface area contributed by atoms with Crippen molar-refractivity contribution in [1.82, 2.24) is 10.2 Å². The molecule has 2 amide bonds. The Morgan fingerprint density at radius 3 is 2.21 bits per heavy atom. The van der Waals surface area contributed by atoms with E-state index in [0.717, 1.165) is 16.0 Å². The average Bonchev–Trinajstić information content (AvgIpc) is 2.82. The molecule has 0 aliphatic heterocycles. The molecular formula is C27H28ClFN2O2S. The summed E-state index contributed by atoms with van der Waals surface area (Å²) >= 11 is 7.35. The molecule has 0 fully saturated rings. The lowest BCUT2D eigenvalue weighted by Gasteiger charge is -2.32. The highest BCUT2D eigenvalue weighted by Crippen LogP contribution is 2.23. The minimum atomic E-state index is -0.715. The van der Waals surface area contributed by atoms with Crippen LogP contribution in [0.3, 0.4) is 0 Å². The van der Waals surface area contributed by atoms with Gasteiger partial charge in [-0.3, -0.25) is 9.59 Å². The van der Waals surface area contributed by atoms with Gasteiger partial charge in [0.15, 0.2) is 0 Å². The Morgan fingerprint density at radius 1 is 0.941 bits per heavy atom. The number of thioether (sulfide) groups is 1. The van der Waals surface area contributed by atoms with Crippen LogP contribution in [-0.4, -0.2) is 34.6 Å². The highest BCUT2D eigenvalue weighted by molar-refractivity contribution is 8.00. The Hall–Kier alpha value is -2.83. The fourth-order valence-corrected chi connectivity index (χ4v) is 4.39. The number of carbonyl (C=O) groups is 2. The van der Waals surface area contributed by atoms with E-state index in [-0.39, 0.29) is 36.0 Å². The van der Waals surface area contributed by atoms with Gasteiger partial charge in [0.1, 0.15) is 11.9 Å². The van der Waals surface area contributed by atoms with Gasteiger partial charge in [-0.25, -0.2) is 4.39 Å². The van der Waals surface area contributed by atoms with Crippen LogP contribution in [0.15, 0.2) is 83.8 Å². The summed E-state index contributed by atoms with van der Waals surface area (Å²) in [6.07, 6.45) is 0.373. The quantitative estimate of drug-likeness (QED) is 0.363. The van der Waals surface area contributed by atoms with Crippen molar-refractivity contribution in [2.75, 3.05) is 5.75 Å². The van der Waals surface area contributed by atoms with E-state index < -0.39 is 6.04 Å². The molecular weight excluding hydrogens is 471 g/mol. The van der Waals surface area contributed by atoms with Crippen LogP contribution < -0.4 is 5.32 Å². The summed E-state index contributed by atoms with van der Waals surface area (Å²) in [5, 5.41) is 3.59. The van der Waals surface area contributed by atoms with Crippen LogP contribution in [-0.2, 0) is 22.6 Å². The molecule has 0 radical (unpaired) electrons. The maximum absolute atomic E-state index is 13.5. The molecule has 0 aliphatic rings. The van der Waals surface area contributed by atoms with Crippen molar-refractivity contribution in [3.8, 4) is 0 Å². The number of carbonyl (C=O) groups excluding carboxylic acids is 2. The standard InChI is InChI=1S/C27H28ClFN2O2S/c1-19(2)30-27(33)25(16-20-6-4-3-5-7-20)31(17-21-8-12-23(29)13-9-21)26(32)18-34-24-14-10-22(28)11-15-24/h3-15,19,25H,16-18H2,1-2H3,(H,30,33)/t25-/m0/s1. The highest BCUT2D eigenvalue weighted by atomic mass is 35.5. The first kappa shape index (κ1) is 25.8. The van der Waals surface area contributed by atoms with Gasteiger partial charge >= 0.3 is 0 Å². The summed E-state index contributed by atoms with van der Waals surface area (Å²) in [6.45, 7) is 3.98. The summed E-state index contributed by atoms with van der Waals surface area (Å²) in [5.41, 5.74) is 1.70. The van der Waals surface area contributed by atoms with Gasteiger partial charge < -0.3 is 10.2 Å². The lowest BCUT2D eigenvalue weighted by Crippen LogP contribution is -2.52. The van der Waals surface area contributed by atoms with Crippen molar-refractivity contribution in [2.24, 2.45) is 0 Å². The molecule has 1 atom stereocenters. The molecule has 0 bridgehead atoms. The number of benzene rings is 3. The molecule has 0 aromatic heterocycles. The van der Waals surface area contributed by atoms with Gasteiger partial charge in [-0.1, -0.05) is 54.1 Å². The maximum Gasteiger partial charge on any atom is 0.243 e. The molecule has 3 aromatic carbocycles. The molecule has 0 saturated carbocycles. The van der Waals surface area contributed by atoms with Crippen molar-refractivity contribution >= 4 is 35.2 Å². The Kier molecular flexibility index (Phi) is 9.54. The van der Waals surface area contributed by atoms with E-state index in [1.807, 2.05) is 56.3 Å². The fourth-order valence-electron chi connectivity index (χ4n) is 3.48. The van der Waals surface area contributed by atoms with Crippen molar-refractivity contribution in [1.29, 1.82) is 0 Å². The number of amides is 2. The minimum Gasteiger partial charge on any atom is -0.352 e. The summed E-state index contributed by atoms with van der Waals surface area (Å²) in [6, 6.07) is 22.1. The molecule has 0 heterocycles. The first-order chi connectivity index (χ1) is 16.3. The zero-order chi connectivity index (χ0) is 24.5. The van der Waals surface area contributed by atoms with Crippen LogP contribution in [0.1, 0.15) is 25.0 Å². The molecule has 178 valence electrons. The van der Waals surface area contributed by atoms with Gasteiger partial charge in [0, 0.05) is 28.9 Å². The Bertz CT molecular complexity index is 1080. The second-order valence-electron chi connectivity index (χ2n) is 8.26. The fraction of sp³-hybridized carbons (Fsp3) is 0.259. The van der Waals surface area contributed by atoms with Gasteiger partial charge in [0.2, 0.25) is 11.8 Å². The zero-order valence-corrected chi connectivity index (χ0v) is 20.8. The summed E-state index contributed by atoms with van der Waals surface area (Å²) < 4.78 is 13.5. The lowest BCUT2D eigenvalue weighted by molar-refractivity contribution is -0.139. The number of nitrogens with one attached hydrogen (secondary N) is 1. The van der Waals surface area contributed by atoms with E-state index in [1.54, 1.807) is 29.2 Å². The summed E-state index contributed by atoms with van der Waals surface area (Å²) in [4.78, 5) is 29.3. The van der Waals surface area contributed by atoms with Gasteiger partial charge in [0.25, 0.3) is 0 Å².